The zero-order chi connectivity index (χ0) is 12.8. The van der Waals surface area contributed by atoms with E-state index in [-0.39, 0.29) is 23.4 Å². The fourth-order valence-corrected chi connectivity index (χ4v) is 1.27. The van der Waals surface area contributed by atoms with E-state index in [0.29, 0.717) is 6.42 Å². The highest BCUT2D eigenvalue weighted by molar-refractivity contribution is 5.75. The van der Waals surface area contributed by atoms with Crippen LogP contribution in [0.3, 0.4) is 0 Å². The zero-order valence-corrected chi connectivity index (χ0v) is 10.2. The Morgan fingerprint density at radius 3 is 2.12 bits per heavy atom. The number of ether oxygens (including phenoxy) is 2. The van der Waals surface area contributed by atoms with E-state index in [2.05, 4.69) is 0 Å². The molecule has 0 bridgehead atoms. The molecular formula is C13H16O4. The Morgan fingerprint density at radius 1 is 1.12 bits per heavy atom. The minimum Gasteiger partial charge on any atom is -0.423 e. The van der Waals surface area contributed by atoms with Gasteiger partial charge in [-0.1, -0.05) is 26.0 Å². The molecule has 0 radical (unpaired) electrons. The van der Waals surface area contributed by atoms with E-state index in [1.54, 1.807) is 24.3 Å². The van der Waals surface area contributed by atoms with E-state index < -0.39 is 5.97 Å². The van der Waals surface area contributed by atoms with Crippen LogP contribution in [0, 0.1) is 5.92 Å². The summed E-state index contributed by atoms with van der Waals surface area (Å²) in [6, 6.07) is 6.60. The van der Waals surface area contributed by atoms with Crippen molar-refractivity contribution in [2.75, 3.05) is 0 Å². The van der Waals surface area contributed by atoms with Crippen molar-refractivity contribution in [3.05, 3.63) is 24.3 Å². The van der Waals surface area contributed by atoms with Gasteiger partial charge >= 0.3 is 11.9 Å². The van der Waals surface area contributed by atoms with Gasteiger partial charge in [0.05, 0.1) is 0 Å². The summed E-state index contributed by atoms with van der Waals surface area (Å²) in [7, 11) is 0. The molecule has 17 heavy (non-hydrogen) atoms. The van der Waals surface area contributed by atoms with E-state index in [9.17, 15) is 9.59 Å². The highest BCUT2D eigenvalue weighted by Crippen LogP contribution is 2.27. The molecular weight excluding hydrogens is 220 g/mol. The van der Waals surface area contributed by atoms with Gasteiger partial charge in [-0.15, -0.1) is 0 Å². The first kappa shape index (κ1) is 13.2. The third-order valence-electron chi connectivity index (χ3n) is 1.90. The van der Waals surface area contributed by atoms with E-state index in [1.807, 2.05) is 13.8 Å². The topological polar surface area (TPSA) is 52.6 Å². The fraction of sp³-hybridized carbons (Fsp3) is 0.385. The fourth-order valence-electron chi connectivity index (χ4n) is 1.27. The molecule has 0 atom stereocenters. The molecule has 0 saturated carbocycles. The Morgan fingerprint density at radius 2 is 1.65 bits per heavy atom. The van der Waals surface area contributed by atoms with Gasteiger partial charge in [0.1, 0.15) is 0 Å². The van der Waals surface area contributed by atoms with Crippen LogP contribution in [0.2, 0.25) is 0 Å². The summed E-state index contributed by atoms with van der Waals surface area (Å²) < 4.78 is 10.1. The van der Waals surface area contributed by atoms with Gasteiger partial charge in [-0.05, 0) is 18.1 Å². The van der Waals surface area contributed by atoms with Crippen LogP contribution in [0.4, 0.5) is 0 Å². The minimum atomic E-state index is -0.447. The first-order valence-corrected chi connectivity index (χ1v) is 5.47. The SMILES string of the molecule is CC(=O)Oc1ccccc1OC(=O)CC(C)C. The normalized spacial score (nSPS) is 10.1. The minimum absolute atomic E-state index is 0.225. The second kappa shape index (κ2) is 6.03. The second-order valence-corrected chi connectivity index (χ2v) is 4.11. The van der Waals surface area contributed by atoms with E-state index in [0.717, 1.165) is 0 Å². The molecule has 4 nitrogen and oxygen atoms in total. The van der Waals surface area contributed by atoms with Gasteiger partial charge in [0.25, 0.3) is 0 Å². The average molecular weight is 236 g/mol. The Bertz CT molecular complexity index is 410. The molecule has 1 rings (SSSR count). The number of para-hydroxylation sites is 2. The predicted molar refractivity (Wildman–Crippen MR) is 62.8 cm³/mol. The molecule has 0 heterocycles. The molecule has 0 aliphatic carbocycles. The van der Waals surface area contributed by atoms with Crippen molar-refractivity contribution in [2.45, 2.75) is 27.2 Å². The largest absolute Gasteiger partial charge is 0.423 e. The number of rotatable bonds is 4. The van der Waals surface area contributed by atoms with E-state index in [1.165, 1.54) is 6.92 Å². The number of benzene rings is 1. The third kappa shape index (κ3) is 4.68. The Hall–Kier alpha value is -1.84. The van der Waals surface area contributed by atoms with Crippen LogP contribution < -0.4 is 9.47 Å². The highest BCUT2D eigenvalue weighted by Gasteiger charge is 2.12. The Balaban J connectivity index is 2.76. The first-order valence-electron chi connectivity index (χ1n) is 5.47. The third-order valence-corrected chi connectivity index (χ3v) is 1.90. The van der Waals surface area contributed by atoms with Gasteiger partial charge in [0.15, 0.2) is 11.5 Å². The summed E-state index contributed by atoms with van der Waals surface area (Å²) >= 11 is 0. The van der Waals surface area contributed by atoms with Crippen LogP contribution in [0.1, 0.15) is 27.2 Å². The number of hydrogen-bond donors (Lipinski definition) is 0. The first-order chi connectivity index (χ1) is 7.99. The summed E-state index contributed by atoms with van der Waals surface area (Å²) in [5.41, 5.74) is 0. The number of carbonyl (C=O) groups is 2. The van der Waals surface area contributed by atoms with Gasteiger partial charge in [0, 0.05) is 13.3 Å². The van der Waals surface area contributed by atoms with E-state index >= 15 is 0 Å². The molecule has 0 amide bonds. The summed E-state index contributed by atoms with van der Waals surface area (Å²) in [6.07, 6.45) is 0.328. The summed E-state index contributed by atoms with van der Waals surface area (Å²) in [5, 5.41) is 0. The van der Waals surface area contributed by atoms with Crippen molar-refractivity contribution < 1.29 is 19.1 Å². The van der Waals surface area contributed by atoms with Crippen LogP contribution in [-0.2, 0) is 9.59 Å². The molecule has 1 aromatic rings. The van der Waals surface area contributed by atoms with Gasteiger partial charge < -0.3 is 9.47 Å². The van der Waals surface area contributed by atoms with E-state index in [4.69, 9.17) is 9.47 Å². The van der Waals surface area contributed by atoms with Crippen molar-refractivity contribution in [1.82, 2.24) is 0 Å². The Labute approximate surface area is 101 Å². The van der Waals surface area contributed by atoms with Crippen molar-refractivity contribution in [1.29, 1.82) is 0 Å². The molecule has 0 N–H and O–H groups in total. The quantitative estimate of drug-likeness (QED) is 0.595. The zero-order valence-electron chi connectivity index (χ0n) is 10.2. The van der Waals surface area contributed by atoms with Crippen LogP contribution >= 0.6 is 0 Å². The number of esters is 2. The van der Waals surface area contributed by atoms with Crippen LogP contribution in [-0.4, -0.2) is 11.9 Å². The second-order valence-electron chi connectivity index (χ2n) is 4.11. The number of hydrogen-bond acceptors (Lipinski definition) is 4. The lowest BCUT2D eigenvalue weighted by molar-refractivity contribution is -0.136. The highest BCUT2D eigenvalue weighted by atomic mass is 16.6. The predicted octanol–water partition coefficient (Wildman–Crippen LogP) is 2.56. The van der Waals surface area contributed by atoms with Crippen molar-refractivity contribution in [3.63, 3.8) is 0 Å². The smallest absolute Gasteiger partial charge is 0.311 e. The maximum Gasteiger partial charge on any atom is 0.311 e. The standard InChI is InChI=1S/C13H16O4/c1-9(2)8-13(15)17-12-7-5-4-6-11(12)16-10(3)14/h4-7,9H,8H2,1-3H3. The molecule has 0 spiro atoms. The van der Waals surface area contributed by atoms with Crippen LogP contribution in [0.15, 0.2) is 24.3 Å². The lowest BCUT2D eigenvalue weighted by Crippen LogP contribution is -2.12. The molecule has 0 aliphatic heterocycles. The Kier molecular flexibility index (Phi) is 4.69. The lowest BCUT2D eigenvalue weighted by atomic mass is 10.1. The van der Waals surface area contributed by atoms with Gasteiger partial charge in [-0.25, -0.2) is 0 Å². The van der Waals surface area contributed by atoms with Gasteiger partial charge in [-0.2, -0.15) is 0 Å². The van der Waals surface area contributed by atoms with Crippen LogP contribution in [0.25, 0.3) is 0 Å². The molecule has 0 aliphatic rings. The maximum atomic E-state index is 11.5. The monoisotopic (exact) mass is 236 g/mol. The molecule has 0 unspecified atom stereocenters. The molecule has 0 saturated heterocycles. The summed E-state index contributed by atoms with van der Waals surface area (Å²) in [5.74, 6) is -0.0224. The summed E-state index contributed by atoms with van der Waals surface area (Å²) in [4.78, 5) is 22.4. The van der Waals surface area contributed by atoms with Crippen molar-refractivity contribution in [3.8, 4) is 11.5 Å². The van der Waals surface area contributed by atoms with Crippen LogP contribution in [0.5, 0.6) is 11.5 Å². The van der Waals surface area contributed by atoms with Gasteiger partial charge in [0.2, 0.25) is 0 Å². The number of carbonyl (C=O) groups excluding carboxylic acids is 2. The molecule has 1 aromatic carbocycles. The molecule has 92 valence electrons. The molecule has 0 aromatic heterocycles. The van der Waals surface area contributed by atoms with Crippen molar-refractivity contribution >= 4 is 11.9 Å². The maximum absolute atomic E-state index is 11.5. The molecule has 0 fully saturated rings. The lowest BCUT2D eigenvalue weighted by Gasteiger charge is -2.09. The van der Waals surface area contributed by atoms with Gasteiger partial charge in [-0.3, -0.25) is 9.59 Å². The average Bonchev–Trinajstić information content (AvgIpc) is 2.18. The molecule has 4 heteroatoms. The summed E-state index contributed by atoms with van der Waals surface area (Å²) in [6.45, 7) is 5.16. The van der Waals surface area contributed by atoms with Crippen molar-refractivity contribution in [2.24, 2.45) is 5.92 Å².